The molecule has 10 heteroatoms. The maximum Gasteiger partial charge on any atom is 0.272 e. The van der Waals surface area contributed by atoms with Crippen LogP contribution < -0.4 is 19.8 Å². The zero-order chi connectivity index (χ0) is 22.3. The van der Waals surface area contributed by atoms with E-state index in [0.29, 0.717) is 42.2 Å². The molecule has 0 radical (unpaired) electrons. The first-order chi connectivity index (χ1) is 15.4. The molecule has 0 bridgehead atoms. The lowest BCUT2D eigenvalue weighted by molar-refractivity contribution is 0.171. The zero-order valence-corrected chi connectivity index (χ0v) is 17.5. The number of hydrogen-bond acceptors (Lipinski definition) is 5. The van der Waals surface area contributed by atoms with Crippen molar-refractivity contribution in [1.29, 1.82) is 0 Å². The summed E-state index contributed by atoms with van der Waals surface area (Å²) in [4.78, 5) is 12.5. The number of fused-ring (bicyclic) bond motifs is 2. The average molecular weight is 455 g/mol. The molecule has 32 heavy (non-hydrogen) atoms. The first-order valence-corrected chi connectivity index (χ1v) is 11.3. The lowest BCUT2D eigenvalue weighted by atomic mass is 10.2. The largest absolute Gasteiger partial charge is 0.486 e. The van der Waals surface area contributed by atoms with Gasteiger partial charge in [0, 0.05) is 11.8 Å². The van der Waals surface area contributed by atoms with Crippen LogP contribution in [-0.2, 0) is 16.6 Å². The van der Waals surface area contributed by atoms with E-state index in [1.54, 1.807) is 35.0 Å². The van der Waals surface area contributed by atoms with Gasteiger partial charge in [0.15, 0.2) is 11.5 Å². The summed E-state index contributed by atoms with van der Waals surface area (Å²) < 4.78 is 53.8. The SMILES string of the molecule is O=c1[nH]n(Cc2ccc(F)cc2)c2ccc(NS(=O)(=O)c3ccc4c(c3)OCCO4)cc12. The van der Waals surface area contributed by atoms with Crippen LogP contribution in [0.5, 0.6) is 11.5 Å². The van der Waals surface area contributed by atoms with E-state index in [9.17, 15) is 17.6 Å². The Morgan fingerprint density at radius 2 is 1.72 bits per heavy atom. The molecular formula is C22H18FN3O5S. The number of H-pyrrole nitrogens is 1. The van der Waals surface area contributed by atoms with Crippen molar-refractivity contribution in [3.8, 4) is 11.5 Å². The number of anilines is 1. The van der Waals surface area contributed by atoms with E-state index in [2.05, 4.69) is 9.82 Å². The Labute approximate surface area is 182 Å². The minimum atomic E-state index is -3.91. The van der Waals surface area contributed by atoms with Gasteiger partial charge < -0.3 is 9.47 Å². The van der Waals surface area contributed by atoms with Gasteiger partial charge in [-0.3, -0.25) is 19.3 Å². The molecule has 0 saturated carbocycles. The summed E-state index contributed by atoms with van der Waals surface area (Å²) in [5.41, 5.74) is 1.30. The van der Waals surface area contributed by atoms with E-state index in [1.165, 1.54) is 30.3 Å². The Morgan fingerprint density at radius 3 is 2.50 bits per heavy atom. The summed E-state index contributed by atoms with van der Waals surface area (Å²) in [5, 5.41) is 3.06. The number of nitrogens with one attached hydrogen (secondary N) is 2. The normalized spacial score (nSPS) is 13.3. The third-order valence-corrected chi connectivity index (χ3v) is 6.48. The molecule has 1 aliphatic heterocycles. The van der Waals surface area contributed by atoms with Gasteiger partial charge in [-0.15, -0.1) is 0 Å². The first kappa shape index (κ1) is 20.1. The van der Waals surface area contributed by atoms with Crippen LogP contribution in [0.1, 0.15) is 5.56 Å². The number of hydrogen-bond donors (Lipinski definition) is 2. The second kappa shape index (κ2) is 7.72. The smallest absolute Gasteiger partial charge is 0.272 e. The predicted octanol–water partition coefficient (Wildman–Crippen LogP) is 3.09. The molecule has 2 N–H and O–H groups in total. The second-order valence-corrected chi connectivity index (χ2v) is 8.98. The second-order valence-electron chi connectivity index (χ2n) is 7.30. The maximum absolute atomic E-state index is 13.1. The fraction of sp³-hybridized carbons (Fsp3) is 0.136. The molecule has 0 amide bonds. The van der Waals surface area contributed by atoms with Gasteiger partial charge >= 0.3 is 0 Å². The zero-order valence-electron chi connectivity index (χ0n) is 16.7. The van der Waals surface area contributed by atoms with Crippen molar-refractivity contribution in [3.63, 3.8) is 0 Å². The number of benzene rings is 3. The average Bonchev–Trinajstić information content (AvgIpc) is 3.09. The number of aromatic nitrogens is 2. The molecule has 0 saturated heterocycles. The molecule has 0 aliphatic carbocycles. The fourth-order valence-electron chi connectivity index (χ4n) is 3.56. The molecule has 0 spiro atoms. The van der Waals surface area contributed by atoms with Crippen LogP contribution in [-0.4, -0.2) is 31.4 Å². The van der Waals surface area contributed by atoms with Gasteiger partial charge in [0.25, 0.3) is 15.6 Å². The summed E-state index contributed by atoms with van der Waals surface area (Å²) >= 11 is 0. The number of rotatable bonds is 5. The minimum absolute atomic E-state index is 0.0182. The number of sulfonamides is 1. The number of aromatic amines is 1. The standard InChI is InChI=1S/C22H18FN3O5S/c23-15-3-1-14(2-4-15)13-26-19-7-5-16(11-18(19)22(27)24-26)25-32(28,29)17-6-8-20-21(12-17)31-10-9-30-20/h1-8,11-12,25H,9-10,13H2,(H,24,27). The van der Waals surface area contributed by atoms with Crippen LogP contribution in [0, 0.1) is 5.82 Å². The lowest BCUT2D eigenvalue weighted by Crippen LogP contribution is -2.17. The Morgan fingerprint density at radius 1 is 0.969 bits per heavy atom. The monoisotopic (exact) mass is 455 g/mol. The van der Waals surface area contributed by atoms with Crippen LogP contribution in [0.2, 0.25) is 0 Å². The number of nitrogens with zero attached hydrogens (tertiary/aromatic N) is 1. The summed E-state index contributed by atoms with van der Waals surface area (Å²) in [6.45, 7) is 1.09. The summed E-state index contributed by atoms with van der Waals surface area (Å²) in [5.74, 6) is 0.518. The lowest BCUT2D eigenvalue weighted by Gasteiger charge is -2.19. The number of ether oxygens (including phenoxy) is 2. The van der Waals surface area contributed by atoms with Crippen molar-refractivity contribution in [2.75, 3.05) is 17.9 Å². The Hall–Kier alpha value is -3.79. The molecule has 1 aromatic heterocycles. The summed E-state index contributed by atoms with van der Waals surface area (Å²) in [7, 11) is -3.91. The van der Waals surface area contributed by atoms with E-state index in [-0.39, 0.29) is 22.0 Å². The van der Waals surface area contributed by atoms with Gasteiger partial charge in [-0.2, -0.15) is 0 Å². The quantitative estimate of drug-likeness (QED) is 0.482. The molecule has 164 valence electrons. The van der Waals surface area contributed by atoms with Crippen molar-refractivity contribution in [2.45, 2.75) is 11.4 Å². The molecule has 4 aromatic rings. The topological polar surface area (TPSA) is 102 Å². The molecule has 2 heterocycles. The first-order valence-electron chi connectivity index (χ1n) is 9.78. The van der Waals surface area contributed by atoms with Crippen LogP contribution in [0.15, 0.2) is 70.4 Å². The van der Waals surface area contributed by atoms with Gasteiger partial charge in [-0.05, 0) is 48.0 Å². The van der Waals surface area contributed by atoms with Crippen LogP contribution >= 0.6 is 0 Å². The molecule has 3 aromatic carbocycles. The van der Waals surface area contributed by atoms with Gasteiger partial charge in [0.05, 0.1) is 22.3 Å². The van der Waals surface area contributed by atoms with Crippen molar-refractivity contribution in [1.82, 2.24) is 9.78 Å². The third-order valence-electron chi connectivity index (χ3n) is 5.10. The van der Waals surface area contributed by atoms with Gasteiger partial charge in [-0.25, -0.2) is 12.8 Å². The molecule has 0 fully saturated rings. The van der Waals surface area contributed by atoms with Crippen molar-refractivity contribution < 1.29 is 22.3 Å². The van der Waals surface area contributed by atoms with E-state index in [4.69, 9.17) is 9.47 Å². The minimum Gasteiger partial charge on any atom is -0.486 e. The van der Waals surface area contributed by atoms with Gasteiger partial charge in [0.2, 0.25) is 0 Å². The molecular weight excluding hydrogens is 437 g/mol. The Kier molecular flexibility index (Phi) is 4.86. The molecule has 8 nitrogen and oxygen atoms in total. The van der Waals surface area contributed by atoms with Crippen molar-refractivity contribution >= 4 is 26.6 Å². The maximum atomic E-state index is 13.1. The third kappa shape index (κ3) is 3.80. The highest BCUT2D eigenvalue weighted by Crippen LogP contribution is 2.33. The van der Waals surface area contributed by atoms with Gasteiger partial charge in [0.1, 0.15) is 19.0 Å². The predicted molar refractivity (Wildman–Crippen MR) is 116 cm³/mol. The van der Waals surface area contributed by atoms with E-state index in [1.807, 2.05) is 0 Å². The van der Waals surface area contributed by atoms with Crippen molar-refractivity contribution in [3.05, 3.63) is 82.4 Å². The van der Waals surface area contributed by atoms with Crippen molar-refractivity contribution in [2.24, 2.45) is 0 Å². The summed E-state index contributed by atoms with van der Waals surface area (Å²) in [6.07, 6.45) is 0. The van der Waals surface area contributed by atoms with Crippen LogP contribution in [0.25, 0.3) is 10.9 Å². The van der Waals surface area contributed by atoms with E-state index >= 15 is 0 Å². The fourth-order valence-corrected chi connectivity index (χ4v) is 4.63. The highest BCUT2D eigenvalue weighted by molar-refractivity contribution is 7.92. The Balaban J connectivity index is 1.43. The highest BCUT2D eigenvalue weighted by Gasteiger charge is 2.20. The Bertz CT molecular complexity index is 1480. The molecule has 0 unspecified atom stereocenters. The summed E-state index contributed by atoms with van der Waals surface area (Å²) in [6, 6.07) is 15.1. The molecule has 0 atom stereocenters. The highest BCUT2D eigenvalue weighted by atomic mass is 32.2. The molecule has 1 aliphatic rings. The van der Waals surface area contributed by atoms with E-state index < -0.39 is 10.0 Å². The van der Waals surface area contributed by atoms with Crippen LogP contribution in [0.3, 0.4) is 0 Å². The molecule has 5 rings (SSSR count). The van der Waals surface area contributed by atoms with E-state index in [0.717, 1.165) is 5.56 Å². The number of halogens is 1. The van der Waals surface area contributed by atoms with Crippen LogP contribution in [0.4, 0.5) is 10.1 Å². The van der Waals surface area contributed by atoms with Gasteiger partial charge in [-0.1, -0.05) is 12.1 Å².